The van der Waals surface area contributed by atoms with Crippen LogP contribution in [0.25, 0.3) is 22.2 Å². The van der Waals surface area contributed by atoms with Crippen LogP contribution in [-0.2, 0) is 21.4 Å². The lowest BCUT2D eigenvalue weighted by Crippen LogP contribution is -2.24. The number of hydrogen-bond acceptors (Lipinski definition) is 7. The maximum absolute atomic E-state index is 12.7. The molecule has 0 aliphatic heterocycles. The van der Waals surface area contributed by atoms with E-state index in [9.17, 15) is 8.42 Å². The van der Waals surface area contributed by atoms with Gasteiger partial charge in [0.2, 0.25) is 0 Å². The molecule has 3 aromatic carbocycles. The summed E-state index contributed by atoms with van der Waals surface area (Å²) in [5, 5.41) is 11.4. The van der Waals surface area contributed by atoms with Gasteiger partial charge in [0.05, 0.1) is 10.6 Å². The molecule has 0 saturated heterocycles. The first-order valence-electron chi connectivity index (χ1n) is 14.4. The molecule has 3 N–H and O–H groups in total. The number of rotatable bonds is 12. The molecular weight excluding hydrogens is 576 g/mol. The van der Waals surface area contributed by atoms with Crippen molar-refractivity contribution in [1.29, 1.82) is 0 Å². The second-order valence-electron chi connectivity index (χ2n) is 10.2. The van der Waals surface area contributed by atoms with Gasteiger partial charge in [-0.05, 0) is 87.6 Å². The van der Waals surface area contributed by atoms with Gasteiger partial charge in [0.15, 0.2) is 0 Å². The summed E-state index contributed by atoms with van der Waals surface area (Å²) in [5.41, 5.74) is 5.33. The molecule has 0 fully saturated rings. The highest BCUT2D eigenvalue weighted by atomic mass is 32.2. The van der Waals surface area contributed by atoms with Crippen LogP contribution in [0.4, 0.5) is 17.2 Å². The Morgan fingerprint density at radius 3 is 2.27 bits per heavy atom. The Balaban J connectivity index is 0.00000141. The summed E-state index contributed by atoms with van der Waals surface area (Å²) in [6.45, 7) is 10.4. The van der Waals surface area contributed by atoms with Crippen LogP contribution in [0.2, 0.25) is 0 Å². The van der Waals surface area contributed by atoms with E-state index in [1.807, 2.05) is 25.1 Å². The van der Waals surface area contributed by atoms with Crippen molar-refractivity contribution in [2.45, 2.75) is 38.6 Å². The van der Waals surface area contributed by atoms with Gasteiger partial charge in [0.25, 0.3) is 16.5 Å². The molecule has 0 spiro atoms. The molecule has 0 unspecified atom stereocenters. The van der Waals surface area contributed by atoms with Crippen molar-refractivity contribution < 1.29 is 18.3 Å². The number of carbonyl (C=O) groups is 1. The topological polar surface area (TPSA) is 129 Å². The second kappa shape index (κ2) is 15.1. The monoisotopic (exact) mass is 614 g/mol. The third kappa shape index (κ3) is 8.42. The maximum Gasteiger partial charge on any atom is 0.290 e. The second-order valence-corrected chi connectivity index (χ2v) is 11.9. The smallest absolute Gasteiger partial charge is 0.290 e. The van der Waals surface area contributed by atoms with E-state index in [-0.39, 0.29) is 11.4 Å². The number of carboxylic acid groups (broad SMARTS) is 1. The Kier molecular flexibility index (Phi) is 11.1. The van der Waals surface area contributed by atoms with Gasteiger partial charge in [-0.3, -0.25) is 9.52 Å². The number of nitrogens with one attached hydrogen (secondary N) is 2. The Bertz CT molecular complexity index is 1770. The van der Waals surface area contributed by atoms with Crippen molar-refractivity contribution >= 4 is 44.6 Å². The van der Waals surface area contributed by atoms with E-state index in [2.05, 4.69) is 73.8 Å². The predicted molar refractivity (Wildman–Crippen MR) is 176 cm³/mol. The first-order valence-corrected chi connectivity index (χ1v) is 15.9. The van der Waals surface area contributed by atoms with Crippen LogP contribution in [0.3, 0.4) is 0 Å². The quantitative estimate of drug-likeness (QED) is 0.138. The Labute approximate surface area is 258 Å². The Morgan fingerprint density at radius 1 is 0.909 bits per heavy atom. The molecular formula is C33H38N6O4S. The van der Waals surface area contributed by atoms with Crippen molar-refractivity contribution in [3.63, 3.8) is 0 Å². The number of aryl methyl sites for hydroxylation is 2. The molecule has 5 aromatic rings. The van der Waals surface area contributed by atoms with Crippen LogP contribution in [0.15, 0.2) is 96.3 Å². The van der Waals surface area contributed by atoms with Crippen LogP contribution in [0.1, 0.15) is 25.8 Å². The lowest BCUT2D eigenvalue weighted by Gasteiger charge is -2.18. The summed E-state index contributed by atoms with van der Waals surface area (Å²) in [4.78, 5) is 19.9. The van der Waals surface area contributed by atoms with Crippen molar-refractivity contribution in [2.24, 2.45) is 0 Å². The van der Waals surface area contributed by atoms with Crippen LogP contribution < -0.4 is 10.0 Å². The van der Waals surface area contributed by atoms with E-state index >= 15 is 0 Å². The molecule has 0 radical (unpaired) electrons. The van der Waals surface area contributed by atoms with Gasteiger partial charge in [0, 0.05) is 46.6 Å². The molecule has 0 bridgehead atoms. The van der Waals surface area contributed by atoms with E-state index in [0.29, 0.717) is 11.5 Å². The molecule has 2 aromatic heterocycles. The van der Waals surface area contributed by atoms with E-state index < -0.39 is 10.0 Å². The average molecular weight is 615 g/mol. The Morgan fingerprint density at radius 2 is 1.59 bits per heavy atom. The highest BCUT2D eigenvalue weighted by Crippen LogP contribution is 2.27. The third-order valence-electron chi connectivity index (χ3n) is 7.24. The van der Waals surface area contributed by atoms with E-state index in [1.54, 1.807) is 42.7 Å². The molecule has 44 heavy (non-hydrogen) atoms. The van der Waals surface area contributed by atoms with Crippen molar-refractivity contribution in [3.8, 4) is 11.3 Å². The van der Waals surface area contributed by atoms with Gasteiger partial charge in [-0.1, -0.05) is 37.6 Å². The molecule has 0 aliphatic carbocycles. The average Bonchev–Trinajstić information content (AvgIpc) is 3.43. The van der Waals surface area contributed by atoms with E-state index in [0.717, 1.165) is 55.1 Å². The lowest BCUT2D eigenvalue weighted by atomic mass is 10.1. The fraction of sp³-hybridized carbons (Fsp3) is 0.242. The zero-order chi connectivity index (χ0) is 31.5. The lowest BCUT2D eigenvalue weighted by molar-refractivity contribution is -0.122. The van der Waals surface area contributed by atoms with Crippen molar-refractivity contribution in [2.75, 3.05) is 29.7 Å². The fourth-order valence-electron chi connectivity index (χ4n) is 4.84. The van der Waals surface area contributed by atoms with Crippen molar-refractivity contribution in [1.82, 2.24) is 19.4 Å². The molecule has 0 saturated carbocycles. The number of anilines is 3. The number of sulfonamides is 1. The fourth-order valence-corrected chi connectivity index (χ4v) is 5.90. The molecule has 0 amide bonds. The normalized spacial score (nSPS) is 11.2. The third-order valence-corrected chi connectivity index (χ3v) is 8.64. The minimum atomic E-state index is -3.66. The molecule has 230 valence electrons. The Hall–Kier alpha value is -4.74. The minimum absolute atomic E-state index is 0.226. The number of aromatic nitrogens is 3. The van der Waals surface area contributed by atoms with Gasteiger partial charge in [-0.25, -0.2) is 18.4 Å². The number of benzene rings is 3. The number of hydrogen-bond donors (Lipinski definition) is 3. The summed E-state index contributed by atoms with van der Waals surface area (Å²) in [6.07, 6.45) is 4.83. The molecule has 10 nitrogen and oxygen atoms in total. The highest BCUT2D eigenvalue weighted by Gasteiger charge is 2.14. The first-order chi connectivity index (χ1) is 21.3. The molecule has 0 aliphatic rings. The van der Waals surface area contributed by atoms with Crippen molar-refractivity contribution in [3.05, 3.63) is 97.0 Å². The van der Waals surface area contributed by atoms with Gasteiger partial charge in [-0.2, -0.15) is 0 Å². The van der Waals surface area contributed by atoms with E-state index in [1.165, 1.54) is 10.9 Å². The van der Waals surface area contributed by atoms with E-state index in [4.69, 9.17) is 9.90 Å². The summed E-state index contributed by atoms with van der Waals surface area (Å²) in [5.74, 6) is 0.650. The van der Waals surface area contributed by atoms with Gasteiger partial charge < -0.3 is 19.9 Å². The highest BCUT2D eigenvalue weighted by molar-refractivity contribution is 7.92. The number of nitrogens with zero attached hydrogens (tertiary/aromatic N) is 4. The predicted octanol–water partition coefficient (Wildman–Crippen LogP) is 6.38. The summed E-state index contributed by atoms with van der Waals surface area (Å²) < 4.78 is 30.3. The van der Waals surface area contributed by atoms with Crippen LogP contribution >= 0.6 is 0 Å². The largest absolute Gasteiger partial charge is 0.483 e. The van der Waals surface area contributed by atoms with Gasteiger partial charge in [0.1, 0.15) is 12.1 Å². The van der Waals surface area contributed by atoms with Gasteiger partial charge in [-0.15, -0.1) is 0 Å². The van der Waals surface area contributed by atoms with Gasteiger partial charge >= 0.3 is 0 Å². The first kappa shape index (κ1) is 32.2. The summed E-state index contributed by atoms with van der Waals surface area (Å²) in [7, 11) is -3.66. The zero-order valence-electron chi connectivity index (χ0n) is 25.1. The van der Waals surface area contributed by atoms with Crippen LogP contribution in [0, 0.1) is 6.92 Å². The molecule has 11 heteroatoms. The van der Waals surface area contributed by atoms with Crippen LogP contribution in [-0.4, -0.2) is 59.1 Å². The zero-order valence-corrected chi connectivity index (χ0v) is 26.0. The molecule has 2 heterocycles. The summed E-state index contributed by atoms with van der Waals surface area (Å²) >= 11 is 0. The standard InChI is InChI=1S/C32H36N6O2S.CH2O2/c1-4-37(5-2)18-6-19-38-20-17-26-21-25(9-16-31(26)38)30-22-32(34-23-33-30)35-27-10-12-28(13-11-27)36-41(39,40)29-14-7-24(3)8-15-29;2-1-3/h7-17,20-23,36H,4-6,18-19H2,1-3H3,(H,33,34,35);1H,(H,2,3). The van der Waals surface area contributed by atoms with Crippen LogP contribution in [0.5, 0.6) is 0 Å². The number of fused-ring (bicyclic) bond motifs is 1. The SMILES string of the molecule is CCN(CC)CCCn1ccc2cc(-c3cc(Nc4ccc(NS(=O)(=O)c5ccc(C)cc5)cc4)ncn3)ccc21.O=CO. The maximum atomic E-state index is 12.7. The summed E-state index contributed by atoms with van der Waals surface area (Å²) in [6, 6.07) is 24.3. The minimum Gasteiger partial charge on any atom is -0.483 e. The molecule has 0 atom stereocenters. The molecule has 5 rings (SSSR count).